The van der Waals surface area contributed by atoms with Crippen LogP contribution in [0.1, 0.15) is 72.6 Å². The van der Waals surface area contributed by atoms with Crippen molar-refractivity contribution >= 4 is 17.9 Å². The molecule has 1 unspecified atom stereocenters. The van der Waals surface area contributed by atoms with Crippen LogP contribution >= 0.6 is 0 Å². The van der Waals surface area contributed by atoms with E-state index in [1.807, 2.05) is 65.8 Å². The first-order valence-corrected chi connectivity index (χ1v) is 10.3. The molecule has 1 rings (SSSR count). The van der Waals surface area contributed by atoms with E-state index in [2.05, 4.69) is 10.6 Å². The van der Waals surface area contributed by atoms with Gasteiger partial charge in [0.1, 0.15) is 18.2 Å². The molecule has 0 fully saturated rings. The molecule has 0 heterocycles. The molecule has 0 saturated heterocycles. The van der Waals surface area contributed by atoms with Crippen LogP contribution in [0, 0.1) is 6.92 Å². The molecular weight excluding hydrogens is 382 g/mol. The topological polar surface area (TPSA) is 87.7 Å². The molecule has 7 heteroatoms. The number of carbonyl (C=O) groups is 3. The number of hydrogen-bond acceptors (Lipinski definition) is 4. The van der Waals surface area contributed by atoms with Crippen LogP contribution in [0.15, 0.2) is 24.3 Å². The van der Waals surface area contributed by atoms with Gasteiger partial charge in [-0.2, -0.15) is 0 Å². The number of ether oxygens (including phenoxy) is 1. The van der Waals surface area contributed by atoms with Gasteiger partial charge in [0.25, 0.3) is 0 Å². The van der Waals surface area contributed by atoms with Gasteiger partial charge < -0.3 is 20.3 Å². The minimum Gasteiger partial charge on any atom is -0.444 e. The Kier molecular flexibility index (Phi) is 8.45. The molecule has 3 amide bonds. The fourth-order valence-electron chi connectivity index (χ4n) is 3.07. The van der Waals surface area contributed by atoms with E-state index in [1.54, 1.807) is 20.8 Å². The molecule has 0 radical (unpaired) electrons. The second-order valence-corrected chi connectivity index (χ2v) is 9.77. The summed E-state index contributed by atoms with van der Waals surface area (Å²) in [5.41, 5.74) is 0.366. The first kappa shape index (κ1) is 25.5. The van der Waals surface area contributed by atoms with Gasteiger partial charge in [0, 0.05) is 11.6 Å². The number of nitrogens with zero attached hydrogens (tertiary/aromatic N) is 1. The largest absolute Gasteiger partial charge is 0.444 e. The first-order valence-electron chi connectivity index (χ1n) is 10.3. The zero-order valence-corrected chi connectivity index (χ0v) is 19.8. The monoisotopic (exact) mass is 419 g/mol. The maximum atomic E-state index is 13.2. The highest BCUT2D eigenvalue weighted by molar-refractivity contribution is 5.91. The van der Waals surface area contributed by atoms with Crippen LogP contribution in [0.3, 0.4) is 0 Å². The van der Waals surface area contributed by atoms with Crippen molar-refractivity contribution in [3.05, 3.63) is 35.4 Å². The Labute approximate surface area is 180 Å². The van der Waals surface area contributed by atoms with E-state index in [1.165, 1.54) is 4.90 Å². The van der Waals surface area contributed by atoms with Crippen LogP contribution in [-0.4, -0.2) is 46.5 Å². The summed E-state index contributed by atoms with van der Waals surface area (Å²) in [4.78, 5) is 39.9. The van der Waals surface area contributed by atoms with E-state index >= 15 is 0 Å². The van der Waals surface area contributed by atoms with Gasteiger partial charge in [0.2, 0.25) is 11.8 Å². The zero-order chi connectivity index (χ0) is 23.3. The fraction of sp³-hybridized carbons (Fsp3) is 0.609. The zero-order valence-electron chi connectivity index (χ0n) is 19.8. The van der Waals surface area contributed by atoms with E-state index in [0.717, 1.165) is 5.56 Å². The Morgan fingerprint density at radius 2 is 1.67 bits per heavy atom. The summed E-state index contributed by atoms with van der Waals surface area (Å²) in [5.74, 6) is -0.644. The lowest BCUT2D eigenvalue weighted by Crippen LogP contribution is -2.55. The van der Waals surface area contributed by atoms with Gasteiger partial charge >= 0.3 is 6.09 Å². The highest BCUT2D eigenvalue weighted by atomic mass is 16.6. The molecule has 2 N–H and O–H groups in total. The van der Waals surface area contributed by atoms with Crippen molar-refractivity contribution in [1.29, 1.82) is 0 Å². The molecule has 0 aliphatic carbocycles. The average molecular weight is 420 g/mol. The molecule has 30 heavy (non-hydrogen) atoms. The molecule has 0 aliphatic heterocycles. The Morgan fingerprint density at radius 1 is 1.07 bits per heavy atom. The molecule has 7 nitrogen and oxygen atoms in total. The minimum absolute atomic E-state index is 0.0818. The second kappa shape index (κ2) is 9.96. The number of amides is 3. The normalized spacial score (nSPS) is 12.9. The maximum absolute atomic E-state index is 13.2. The lowest BCUT2D eigenvalue weighted by molar-refractivity contribution is -0.146. The molecule has 0 aliphatic rings. The third kappa shape index (κ3) is 8.05. The number of benzene rings is 1. The second-order valence-electron chi connectivity index (χ2n) is 9.77. The van der Waals surface area contributed by atoms with Crippen molar-refractivity contribution in [3.8, 4) is 0 Å². The number of hydrogen-bond donors (Lipinski definition) is 2. The summed E-state index contributed by atoms with van der Waals surface area (Å²) in [7, 11) is 0. The van der Waals surface area contributed by atoms with E-state index in [9.17, 15) is 14.4 Å². The van der Waals surface area contributed by atoms with Crippen LogP contribution in [0.2, 0.25) is 0 Å². The van der Waals surface area contributed by atoms with Gasteiger partial charge in [-0.3, -0.25) is 9.59 Å². The molecule has 0 bridgehead atoms. The minimum atomic E-state index is -0.833. The van der Waals surface area contributed by atoms with E-state index < -0.39 is 23.3 Å². The Bertz CT molecular complexity index is 760. The van der Waals surface area contributed by atoms with Gasteiger partial charge in [0.15, 0.2) is 0 Å². The van der Waals surface area contributed by atoms with Crippen LogP contribution in [0.25, 0.3) is 0 Å². The third-order valence-electron chi connectivity index (χ3n) is 4.07. The fourth-order valence-corrected chi connectivity index (χ4v) is 3.07. The van der Waals surface area contributed by atoms with Crippen molar-refractivity contribution in [3.63, 3.8) is 0 Å². The summed E-state index contributed by atoms with van der Waals surface area (Å²) in [5, 5.41) is 5.42. The predicted octanol–water partition coefficient (Wildman–Crippen LogP) is 3.71. The van der Waals surface area contributed by atoms with E-state index in [-0.39, 0.29) is 24.4 Å². The van der Waals surface area contributed by atoms with Crippen LogP contribution < -0.4 is 10.6 Å². The Hall–Kier alpha value is -2.57. The highest BCUT2D eigenvalue weighted by Crippen LogP contribution is 2.29. The molecule has 1 aromatic rings. The lowest BCUT2D eigenvalue weighted by atomic mass is 9.95. The van der Waals surface area contributed by atoms with Gasteiger partial charge in [-0.1, -0.05) is 29.8 Å². The van der Waals surface area contributed by atoms with Crippen molar-refractivity contribution in [2.75, 3.05) is 6.54 Å². The van der Waals surface area contributed by atoms with E-state index in [4.69, 9.17) is 4.74 Å². The molecule has 0 aromatic heterocycles. The SMILES string of the molecule is Cc1cccc(C(C(=O)NC(C)C)N(C(=O)CNC(=O)OC(C)(C)C)C(C)(C)C)c1. The highest BCUT2D eigenvalue weighted by Gasteiger charge is 2.38. The summed E-state index contributed by atoms with van der Waals surface area (Å²) in [6.07, 6.45) is -0.677. The summed E-state index contributed by atoms with van der Waals surface area (Å²) >= 11 is 0. The summed E-state index contributed by atoms with van der Waals surface area (Å²) in [6.45, 7) is 16.3. The van der Waals surface area contributed by atoms with Crippen molar-refractivity contribution in [2.24, 2.45) is 0 Å². The Balaban J connectivity index is 3.25. The lowest BCUT2D eigenvalue weighted by Gasteiger charge is -2.41. The van der Waals surface area contributed by atoms with Crippen molar-refractivity contribution < 1.29 is 19.1 Å². The van der Waals surface area contributed by atoms with Gasteiger partial charge in [-0.05, 0) is 67.9 Å². The molecule has 1 atom stereocenters. The number of carbonyl (C=O) groups excluding carboxylic acids is 3. The number of nitrogens with one attached hydrogen (secondary N) is 2. The standard InChI is InChI=1S/C23H37N3O4/c1-15(2)25-20(28)19(17-12-10-11-16(3)13-17)26(22(4,5)6)18(27)14-24-21(29)30-23(7,8)9/h10-13,15,19H,14H2,1-9H3,(H,24,29)(H,25,28). The van der Waals surface area contributed by atoms with Gasteiger partial charge in [-0.15, -0.1) is 0 Å². The van der Waals surface area contributed by atoms with Crippen LogP contribution in [-0.2, 0) is 14.3 Å². The Morgan fingerprint density at radius 3 is 2.13 bits per heavy atom. The predicted molar refractivity (Wildman–Crippen MR) is 118 cm³/mol. The van der Waals surface area contributed by atoms with Crippen LogP contribution in [0.4, 0.5) is 4.79 Å². The van der Waals surface area contributed by atoms with Gasteiger partial charge in [-0.25, -0.2) is 4.79 Å². The van der Waals surface area contributed by atoms with E-state index in [0.29, 0.717) is 5.56 Å². The first-order chi connectivity index (χ1) is 13.6. The average Bonchev–Trinajstić information content (AvgIpc) is 2.54. The summed E-state index contributed by atoms with van der Waals surface area (Å²) in [6, 6.07) is 6.63. The number of aryl methyl sites for hydroxylation is 1. The number of alkyl carbamates (subject to hydrolysis) is 1. The smallest absolute Gasteiger partial charge is 0.408 e. The van der Waals surface area contributed by atoms with Crippen LogP contribution in [0.5, 0.6) is 0 Å². The quantitative estimate of drug-likeness (QED) is 0.736. The maximum Gasteiger partial charge on any atom is 0.408 e. The molecular formula is C23H37N3O4. The summed E-state index contributed by atoms with van der Waals surface area (Å²) < 4.78 is 5.21. The molecule has 168 valence electrons. The van der Waals surface area contributed by atoms with Gasteiger partial charge in [0.05, 0.1) is 0 Å². The molecule has 0 spiro atoms. The van der Waals surface area contributed by atoms with Crippen molar-refractivity contribution in [2.45, 2.75) is 85.5 Å². The van der Waals surface area contributed by atoms with Crippen molar-refractivity contribution in [1.82, 2.24) is 15.5 Å². The third-order valence-corrected chi connectivity index (χ3v) is 4.07. The molecule has 0 saturated carbocycles. The number of rotatable bonds is 6. The molecule has 1 aromatic carbocycles.